The minimum Gasteiger partial charge on any atom is -0.313 e. The van der Waals surface area contributed by atoms with Crippen LogP contribution in [0.4, 0.5) is 17.1 Å². The molecular weight excluding hydrogens is 352 g/mol. The van der Waals surface area contributed by atoms with Crippen molar-refractivity contribution in [3.8, 4) is 0 Å². The molecule has 12 nitrogen and oxygen atoms in total. The van der Waals surface area contributed by atoms with Gasteiger partial charge in [0.05, 0.1) is 38.2 Å². The monoisotopic (exact) mass is 360 g/mol. The van der Waals surface area contributed by atoms with Crippen LogP contribution in [0.3, 0.4) is 0 Å². The Hall–Kier alpha value is -4.22. The van der Waals surface area contributed by atoms with Crippen LogP contribution < -0.4 is 0 Å². The lowest BCUT2D eigenvalue weighted by atomic mass is 10.2. The van der Waals surface area contributed by atoms with Crippen LogP contribution in [0.5, 0.6) is 0 Å². The number of non-ortho nitro benzene ring substituents is 2. The molecule has 0 N–H and O–H groups in total. The molecule has 0 amide bonds. The molecule has 2 rings (SSSR count). The number of benzene rings is 2. The number of hydrogen-bond acceptors (Lipinski definition) is 9. The van der Waals surface area contributed by atoms with Crippen LogP contribution >= 0.6 is 0 Å². The van der Waals surface area contributed by atoms with Crippen molar-refractivity contribution in [1.82, 2.24) is 0 Å². The average Bonchev–Trinajstić information content (AvgIpc) is 2.61. The first-order valence-electron chi connectivity index (χ1n) is 6.71. The van der Waals surface area contributed by atoms with E-state index < -0.39 is 32.1 Å². The SMILES string of the molecule is O=C(O/N=C/c1ccc([N+](=O)[O-])cc1[N+](=O)[O-])c1ccc([N+](=O)[O-])cc1. The maximum atomic E-state index is 11.7. The average molecular weight is 360 g/mol. The van der Waals surface area contributed by atoms with Gasteiger partial charge in [0.25, 0.3) is 17.1 Å². The Labute approximate surface area is 143 Å². The van der Waals surface area contributed by atoms with Crippen LogP contribution in [0, 0.1) is 30.3 Å². The van der Waals surface area contributed by atoms with Crippen molar-refractivity contribution in [1.29, 1.82) is 0 Å². The second-order valence-electron chi connectivity index (χ2n) is 4.67. The minimum atomic E-state index is -0.944. The van der Waals surface area contributed by atoms with E-state index in [1.54, 1.807) is 0 Å². The van der Waals surface area contributed by atoms with Gasteiger partial charge in [0.2, 0.25) is 0 Å². The van der Waals surface area contributed by atoms with Gasteiger partial charge in [0.1, 0.15) is 0 Å². The highest BCUT2D eigenvalue weighted by Crippen LogP contribution is 2.23. The van der Waals surface area contributed by atoms with E-state index in [0.29, 0.717) is 0 Å². The van der Waals surface area contributed by atoms with Crippen molar-refractivity contribution in [3.63, 3.8) is 0 Å². The number of hydrogen-bond donors (Lipinski definition) is 0. The number of carbonyl (C=O) groups excluding carboxylic acids is 1. The van der Waals surface area contributed by atoms with Gasteiger partial charge < -0.3 is 4.84 Å². The number of oxime groups is 1. The van der Waals surface area contributed by atoms with Gasteiger partial charge in [-0.3, -0.25) is 30.3 Å². The van der Waals surface area contributed by atoms with Gasteiger partial charge in [0, 0.05) is 18.2 Å². The summed E-state index contributed by atoms with van der Waals surface area (Å²) in [5.41, 5.74) is -1.42. The summed E-state index contributed by atoms with van der Waals surface area (Å²) in [6.45, 7) is 0. The van der Waals surface area contributed by atoms with E-state index >= 15 is 0 Å². The molecule has 132 valence electrons. The Morgan fingerprint density at radius 2 is 1.46 bits per heavy atom. The highest BCUT2D eigenvalue weighted by Gasteiger charge is 2.18. The van der Waals surface area contributed by atoms with Crippen molar-refractivity contribution < 1.29 is 24.4 Å². The summed E-state index contributed by atoms with van der Waals surface area (Å²) in [5.74, 6) is -0.944. The Morgan fingerprint density at radius 1 is 0.885 bits per heavy atom. The molecule has 0 aliphatic rings. The summed E-state index contributed by atoms with van der Waals surface area (Å²) >= 11 is 0. The molecule has 0 aliphatic heterocycles. The maximum Gasteiger partial charge on any atom is 0.365 e. The van der Waals surface area contributed by atoms with Gasteiger partial charge in [-0.15, -0.1) is 0 Å². The number of carbonyl (C=O) groups is 1. The molecule has 2 aromatic rings. The van der Waals surface area contributed by atoms with Crippen LogP contribution in [0.15, 0.2) is 47.6 Å². The van der Waals surface area contributed by atoms with Crippen molar-refractivity contribution >= 4 is 29.2 Å². The lowest BCUT2D eigenvalue weighted by Crippen LogP contribution is -2.02. The molecule has 0 saturated heterocycles. The van der Waals surface area contributed by atoms with Crippen LogP contribution in [-0.2, 0) is 4.84 Å². The lowest BCUT2D eigenvalue weighted by Gasteiger charge is -1.99. The second-order valence-corrected chi connectivity index (χ2v) is 4.67. The van der Waals surface area contributed by atoms with E-state index in [1.165, 1.54) is 0 Å². The number of rotatable bonds is 6. The molecule has 0 atom stereocenters. The van der Waals surface area contributed by atoms with Gasteiger partial charge in [-0.1, -0.05) is 5.16 Å². The second kappa shape index (κ2) is 7.57. The molecule has 0 spiro atoms. The minimum absolute atomic E-state index is 0.0223. The van der Waals surface area contributed by atoms with E-state index in [0.717, 1.165) is 48.7 Å². The van der Waals surface area contributed by atoms with Crippen molar-refractivity contribution in [3.05, 3.63) is 83.9 Å². The molecule has 0 unspecified atom stereocenters. The highest BCUT2D eigenvalue weighted by atomic mass is 16.7. The molecule has 0 radical (unpaired) electrons. The summed E-state index contributed by atoms with van der Waals surface area (Å²) in [6, 6.07) is 7.38. The van der Waals surface area contributed by atoms with Crippen LogP contribution in [0.25, 0.3) is 0 Å². The van der Waals surface area contributed by atoms with Crippen molar-refractivity contribution in [2.24, 2.45) is 5.16 Å². The zero-order chi connectivity index (χ0) is 19.3. The first-order chi connectivity index (χ1) is 12.3. The van der Waals surface area contributed by atoms with Gasteiger partial charge in [-0.05, 0) is 18.2 Å². The van der Waals surface area contributed by atoms with E-state index in [9.17, 15) is 35.1 Å². The lowest BCUT2D eigenvalue weighted by molar-refractivity contribution is -0.394. The van der Waals surface area contributed by atoms with Crippen molar-refractivity contribution in [2.75, 3.05) is 0 Å². The maximum absolute atomic E-state index is 11.7. The summed E-state index contributed by atoms with van der Waals surface area (Å²) in [4.78, 5) is 46.2. The van der Waals surface area contributed by atoms with E-state index in [4.69, 9.17) is 0 Å². The topological polar surface area (TPSA) is 168 Å². The molecular formula is C14H8N4O8. The third-order valence-electron chi connectivity index (χ3n) is 3.06. The molecule has 0 saturated carbocycles. The first-order valence-corrected chi connectivity index (χ1v) is 6.71. The predicted octanol–water partition coefficient (Wildman–Crippen LogP) is 2.60. The van der Waals surface area contributed by atoms with Gasteiger partial charge in [-0.25, -0.2) is 4.79 Å². The molecule has 2 aromatic carbocycles. The summed E-state index contributed by atoms with van der Waals surface area (Å²) in [6.07, 6.45) is 0.852. The quantitative estimate of drug-likeness (QED) is 0.327. The van der Waals surface area contributed by atoms with Gasteiger partial charge >= 0.3 is 5.97 Å². The summed E-state index contributed by atoms with van der Waals surface area (Å²) in [7, 11) is 0. The van der Waals surface area contributed by atoms with E-state index in [-0.39, 0.29) is 16.8 Å². The smallest absolute Gasteiger partial charge is 0.313 e. The van der Waals surface area contributed by atoms with Gasteiger partial charge in [-0.2, -0.15) is 0 Å². The Kier molecular flexibility index (Phi) is 5.27. The van der Waals surface area contributed by atoms with Crippen molar-refractivity contribution in [2.45, 2.75) is 0 Å². The molecule has 0 bridgehead atoms. The fourth-order valence-electron chi connectivity index (χ4n) is 1.82. The summed E-state index contributed by atoms with van der Waals surface area (Å²) in [5, 5.41) is 35.5. The number of nitro groups is 3. The van der Waals surface area contributed by atoms with E-state index in [2.05, 4.69) is 9.99 Å². The zero-order valence-corrected chi connectivity index (χ0v) is 12.7. The molecule has 0 heterocycles. The normalized spacial score (nSPS) is 10.5. The molecule has 12 heteroatoms. The standard InChI is InChI=1S/C14H8N4O8/c19-14(9-1-4-11(5-2-9)16(20)21)26-15-8-10-3-6-12(17(22)23)7-13(10)18(24)25/h1-8H/b15-8+. The fourth-order valence-corrected chi connectivity index (χ4v) is 1.82. The molecule has 26 heavy (non-hydrogen) atoms. The third kappa shape index (κ3) is 4.19. The Morgan fingerprint density at radius 3 is 2.00 bits per heavy atom. The Balaban J connectivity index is 2.14. The first kappa shape index (κ1) is 18.1. The fraction of sp³-hybridized carbons (Fsp3) is 0. The molecule has 0 fully saturated rings. The Bertz CT molecular complexity index is 923. The number of nitrogens with zero attached hydrogens (tertiary/aromatic N) is 4. The zero-order valence-electron chi connectivity index (χ0n) is 12.7. The summed E-state index contributed by atoms with van der Waals surface area (Å²) < 4.78 is 0. The van der Waals surface area contributed by atoms with Gasteiger partial charge in [0.15, 0.2) is 0 Å². The van der Waals surface area contributed by atoms with E-state index in [1.807, 2.05) is 0 Å². The number of nitro benzene ring substituents is 3. The largest absolute Gasteiger partial charge is 0.365 e. The molecule has 0 aromatic heterocycles. The van der Waals surface area contributed by atoms with Crippen LogP contribution in [0.2, 0.25) is 0 Å². The van der Waals surface area contributed by atoms with Crippen LogP contribution in [0.1, 0.15) is 15.9 Å². The highest BCUT2D eigenvalue weighted by molar-refractivity contribution is 5.91. The van der Waals surface area contributed by atoms with Crippen LogP contribution in [-0.4, -0.2) is 27.0 Å². The molecule has 0 aliphatic carbocycles. The predicted molar refractivity (Wildman–Crippen MR) is 85.9 cm³/mol. The third-order valence-corrected chi connectivity index (χ3v) is 3.06.